The van der Waals surface area contributed by atoms with Gasteiger partial charge in [0.2, 0.25) is 5.91 Å². The van der Waals surface area contributed by atoms with Crippen molar-refractivity contribution in [3.8, 4) is 11.5 Å². The van der Waals surface area contributed by atoms with Gasteiger partial charge in [-0.3, -0.25) is 4.79 Å². The number of hydrogen-bond acceptors (Lipinski definition) is 4. The van der Waals surface area contributed by atoms with E-state index in [1.165, 1.54) is 25.7 Å². The fourth-order valence-electron chi connectivity index (χ4n) is 2.84. The first kappa shape index (κ1) is 23.3. The third-order valence-corrected chi connectivity index (χ3v) is 4.46. The Morgan fingerprint density at radius 3 is 2.43 bits per heavy atom. The molecule has 0 aliphatic carbocycles. The number of unbranched alkanes of at least 4 members (excludes halogenated alkanes) is 4. The number of carbonyl (C=O) groups is 1. The monoisotopic (exact) mass is 410 g/mol. The molecule has 0 atom stereocenters. The molecule has 0 unspecified atom stereocenters. The molecule has 0 fully saturated rings. The van der Waals surface area contributed by atoms with E-state index in [2.05, 4.69) is 24.1 Å². The molecule has 2 aromatic carbocycles. The summed E-state index contributed by atoms with van der Waals surface area (Å²) in [6.07, 6.45) is 6.11. The Morgan fingerprint density at radius 2 is 1.70 bits per heavy atom. The number of benzene rings is 2. The van der Waals surface area contributed by atoms with E-state index in [4.69, 9.17) is 9.47 Å². The van der Waals surface area contributed by atoms with Crippen LogP contribution in [0.1, 0.15) is 46.0 Å². The maximum atomic E-state index is 12.3. The summed E-state index contributed by atoms with van der Waals surface area (Å²) in [7, 11) is 0. The highest BCUT2D eigenvalue weighted by Gasteiger charge is 2.08. The Balaban J connectivity index is 1.74. The van der Waals surface area contributed by atoms with Gasteiger partial charge in [0.25, 0.3) is 0 Å². The van der Waals surface area contributed by atoms with Crippen molar-refractivity contribution in [3.63, 3.8) is 0 Å². The highest BCUT2D eigenvalue weighted by Crippen LogP contribution is 2.24. The van der Waals surface area contributed by atoms with E-state index < -0.39 is 0 Å². The molecule has 162 valence electrons. The van der Waals surface area contributed by atoms with E-state index in [1.54, 1.807) is 0 Å². The van der Waals surface area contributed by atoms with Crippen molar-refractivity contribution in [2.75, 3.05) is 30.4 Å². The van der Waals surface area contributed by atoms with E-state index in [0.29, 0.717) is 18.0 Å². The van der Waals surface area contributed by atoms with Crippen LogP contribution >= 0.6 is 0 Å². The SMILES string of the molecule is C=C(C)COc1ccccc1NC(=O)CNc1ccc(OCCCCCCC)cc1. The Kier molecular flexibility index (Phi) is 10.3. The number of anilines is 2. The maximum Gasteiger partial charge on any atom is 0.243 e. The molecule has 0 heterocycles. The van der Waals surface area contributed by atoms with Crippen molar-refractivity contribution in [1.82, 2.24) is 0 Å². The van der Waals surface area contributed by atoms with Crippen molar-refractivity contribution in [1.29, 1.82) is 0 Å². The molecule has 0 saturated carbocycles. The fraction of sp³-hybridized carbons (Fsp3) is 0.400. The summed E-state index contributed by atoms with van der Waals surface area (Å²) in [6, 6.07) is 15.1. The Morgan fingerprint density at radius 1 is 0.967 bits per heavy atom. The first-order valence-electron chi connectivity index (χ1n) is 10.7. The Bertz CT molecular complexity index is 787. The van der Waals surface area contributed by atoms with Gasteiger partial charge in [-0.05, 0) is 55.3 Å². The van der Waals surface area contributed by atoms with Crippen LogP contribution in [0.5, 0.6) is 11.5 Å². The van der Waals surface area contributed by atoms with Gasteiger partial charge in [0.15, 0.2) is 0 Å². The van der Waals surface area contributed by atoms with Crippen LogP contribution in [0.3, 0.4) is 0 Å². The minimum absolute atomic E-state index is 0.145. The lowest BCUT2D eigenvalue weighted by Crippen LogP contribution is -2.22. The van der Waals surface area contributed by atoms with Crippen LogP contribution in [-0.2, 0) is 4.79 Å². The lowest BCUT2D eigenvalue weighted by molar-refractivity contribution is -0.114. The number of para-hydroxylation sites is 2. The topological polar surface area (TPSA) is 59.6 Å². The summed E-state index contributed by atoms with van der Waals surface area (Å²) in [5.41, 5.74) is 2.43. The molecule has 0 aromatic heterocycles. The minimum Gasteiger partial charge on any atom is -0.494 e. The van der Waals surface area contributed by atoms with E-state index in [0.717, 1.165) is 30.0 Å². The quantitative estimate of drug-likeness (QED) is 0.294. The molecule has 0 bridgehead atoms. The average Bonchev–Trinajstić information content (AvgIpc) is 2.75. The molecule has 5 heteroatoms. The summed E-state index contributed by atoms with van der Waals surface area (Å²) in [4.78, 5) is 12.3. The fourth-order valence-corrected chi connectivity index (χ4v) is 2.84. The minimum atomic E-state index is -0.145. The maximum absolute atomic E-state index is 12.3. The van der Waals surface area contributed by atoms with Crippen molar-refractivity contribution in [3.05, 3.63) is 60.7 Å². The molecule has 0 spiro atoms. The summed E-state index contributed by atoms with van der Waals surface area (Å²) in [5, 5.41) is 6.01. The second-order valence-electron chi connectivity index (χ2n) is 7.43. The summed E-state index contributed by atoms with van der Waals surface area (Å²) in [5.74, 6) is 1.34. The number of ether oxygens (including phenoxy) is 2. The van der Waals surface area contributed by atoms with Crippen molar-refractivity contribution < 1.29 is 14.3 Å². The molecule has 5 nitrogen and oxygen atoms in total. The molecule has 0 radical (unpaired) electrons. The molecule has 0 saturated heterocycles. The number of amides is 1. The zero-order chi connectivity index (χ0) is 21.6. The standard InChI is InChI=1S/C25H34N2O3/c1-4-5-6-7-10-17-29-22-15-13-21(14-16-22)26-18-25(28)27-23-11-8-9-12-24(23)30-19-20(2)3/h8-9,11-16,26H,2,4-7,10,17-19H2,1,3H3,(H,27,28). The molecule has 0 aliphatic rings. The lowest BCUT2D eigenvalue weighted by atomic mass is 10.2. The summed E-state index contributed by atoms with van der Waals surface area (Å²) < 4.78 is 11.5. The van der Waals surface area contributed by atoms with Crippen LogP contribution in [0, 0.1) is 0 Å². The predicted octanol–water partition coefficient (Wildman–Crippen LogP) is 6.04. The van der Waals surface area contributed by atoms with E-state index in [1.807, 2.05) is 55.5 Å². The third-order valence-electron chi connectivity index (χ3n) is 4.46. The molecular formula is C25H34N2O3. The average molecular weight is 411 g/mol. The molecule has 0 aliphatic heterocycles. The van der Waals surface area contributed by atoms with Crippen molar-refractivity contribution >= 4 is 17.3 Å². The van der Waals surface area contributed by atoms with Crippen LogP contribution < -0.4 is 20.1 Å². The molecule has 2 rings (SSSR count). The van der Waals surface area contributed by atoms with Crippen molar-refractivity contribution in [2.45, 2.75) is 46.0 Å². The van der Waals surface area contributed by atoms with Gasteiger partial charge in [0.1, 0.15) is 18.1 Å². The lowest BCUT2D eigenvalue weighted by Gasteiger charge is -2.13. The van der Waals surface area contributed by atoms with Gasteiger partial charge in [0.05, 0.1) is 18.8 Å². The number of carbonyl (C=O) groups excluding carboxylic acids is 1. The molecule has 1 amide bonds. The number of hydrogen-bond donors (Lipinski definition) is 2. The van der Waals surface area contributed by atoms with E-state index in [9.17, 15) is 4.79 Å². The molecule has 30 heavy (non-hydrogen) atoms. The molecular weight excluding hydrogens is 376 g/mol. The highest BCUT2D eigenvalue weighted by molar-refractivity contribution is 5.95. The zero-order valence-corrected chi connectivity index (χ0v) is 18.2. The molecule has 2 N–H and O–H groups in total. The van der Waals surface area contributed by atoms with Gasteiger partial charge < -0.3 is 20.1 Å². The molecule has 2 aromatic rings. The second-order valence-corrected chi connectivity index (χ2v) is 7.43. The van der Waals surface area contributed by atoms with Crippen LogP contribution in [0.2, 0.25) is 0 Å². The summed E-state index contributed by atoms with van der Waals surface area (Å²) in [6.45, 7) is 9.26. The van der Waals surface area contributed by atoms with Crippen LogP contribution in [0.15, 0.2) is 60.7 Å². The van der Waals surface area contributed by atoms with Gasteiger partial charge in [-0.25, -0.2) is 0 Å². The Labute approximate surface area is 180 Å². The van der Waals surface area contributed by atoms with Gasteiger partial charge in [-0.1, -0.05) is 51.3 Å². The van der Waals surface area contributed by atoms with Crippen LogP contribution in [0.4, 0.5) is 11.4 Å². The van der Waals surface area contributed by atoms with Crippen LogP contribution in [0.25, 0.3) is 0 Å². The zero-order valence-electron chi connectivity index (χ0n) is 18.2. The summed E-state index contributed by atoms with van der Waals surface area (Å²) >= 11 is 0. The second kappa shape index (κ2) is 13.3. The van der Waals surface area contributed by atoms with Gasteiger partial charge >= 0.3 is 0 Å². The highest BCUT2D eigenvalue weighted by atomic mass is 16.5. The normalized spacial score (nSPS) is 10.3. The van der Waals surface area contributed by atoms with Gasteiger partial charge in [-0.15, -0.1) is 0 Å². The third kappa shape index (κ3) is 9.03. The first-order chi connectivity index (χ1) is 14.6. The van der Waals surface area contributed by atoms with Crippen molar-refractivity contribution in [2.24, 2.45) is 0 Å². The first-order valence-corrected chi connectivity index (χ1v) is 10.7. The predicted molar refractivity (Wildman–Crippen MR) is 125 cm³/mol. The largest absolute Gasteiger partial charge is 0.494 e. The number of rotatable bonds is 14. The van der Waals surface area contributed by atoms with E-state index >= 15 is 0 Å². The smallest absolute Gasteiger partial charge is 0.243 e. The van der Waals surface area contributed by atoms with Crippen LogP contribution in [-0.4, -0.2) is 25.7 Å². The van der Waals surface area contributed by atoms with Gasteiger partial charge in [-0.2, -0.15) is 0 Å². The Hall–Kier alpha value is -2.95. The van der Waals surface area contributed by atoms with Gasteiger partial charge in [0, 0.05) is 5.69 Å². The number of nitrogens with one attached hydrogen (secondary N) is 2. The van der Waals surface area contributed by atoms with E-state index in [-0.39, 0.29) is 12.5 Å².